The number of esters is 2. The number of unbranched alkanes of at least 4 members (excludes halogenated alkanes) is 14. The van der Waals surface area contributed by atoms with Crippen LogP contribution in [-0.4, -0.2) is 77.9 Å². The summed E-state index contributed by atoms with van der Waals surface area (Å²) in [4.78, 5) is 35.1. The second kappa shape index (κ2) is 35.8. The van der Waals surface area contributed by atoms with Crippen LogP contribution in [0.15, 0.2) is 60.8 Å². The molecule has 1 saturated heterocycles. The SMILES string of the molecule is CC/C=C\C/C=C\C\C=C/C=C/C=C/C1OC1CCCC(=O)OC(COC(=O)CCCCCCCCCCCCCCCCC)COP(=O)(O)OCC(O)CO. The number of carbonyl (C=O) groups excluding carboxylic acids is 2. The van der Waals surface area contributed by atoms with Crippen LogP contribution in [0.5, 0.6) is 0 Å². The standard InChI is InChI=1S/C44H75O11P/c1-3-5-7-9-11-13-15-17-18-19-21-23-25-27-29-33-43(47)51-37-40(38-53-56(49,50)52-36-39(46)35-45)54-44(48)34-30-32-42-41(55-42)31-28-26-24-22-20-16-14-12-10-8-6-4-2/h6,8,12,14,20,22,24,26,28,31,39-42,45-46H,3-5,7,9-11,13,15-19,21,23,25,27,29-30,32-38H2,1-2H3,(H,49,50)/b8-6-,14-12-,22-20-,26-24+,31-28+. The van der Waals surface area contributed by atoms with Gasteiger partial charge in [-0.2, -0.15) is 0 Å². The van der Waals surface area contributed by atoms with E-state index in [0.29, 0.717) is 19.3 Å². The molecule has 12 heteroatoms. The minimum Gasteiger partial charge on any atom is -0.462 e. The van der Waals surface area contributed by atoms with Crippen LogP contribution in [0.4, 0.5) is 0 Å². The van der Waals surface area contributed by atoms with Crippen molar-refractivity contribution in [3.8, 4) is 0 Å². The van der Waals surface area contributed by atoms with E-state index >= 15 is 0 Å². The summed E-state index contributed by atoms with van der Waals surface area (Å²) in [6.45, 7) is 2.15. The maximum Gasteiger partial charge on any atom is 0.472 e. The molecule has 1 heterocycles. The second-order valence-corrected chi connectivity index (χ2v) is 15.9. The van der Waals surface area contributed by atoms with Crippen LogP contribution >= 0.6 is 7.82 Å². The van der Waals surface area contributed by atoms with Crippen LogP contribution in [0.3, 0.4) is 0 Å². The van der Waals surface area contributed by atoms with Crippen molar-refractivity contribution in [2.75, 3.05) is 26.4 Å². The number of aliphatic hydroxyl groups excluding tert-OH is 2. The highest BCUT2D eigenvalue weighted by Crippen LogP contribution is 2.43. The van der Waals surface area contributed by atoms with Crippen LogP contribution in [0, 0.1) is 0 Å². The molecule has 322 valence electrons. The lowest BCUT2D eigenvalue weighted by molar-refractivity contribution is -0.161. The Hall–Kier alpha value is -2.37. The fraction of sp³-hybridized carbons (Fsp3) is 0.727. The number of rotatable bonds is 38. The topological polar surface area (TPSA) is 161 Å². The van der Waals surface area contributed by atoms with Crippen molar-refractivity contribution < 1.29 is 52.5 Å². The monoisotopic (exact) mass is 811 g/mol. The zero-order chi connectivity index (χ0) is 41.0. The van der Waals surface area contributed by atoms with Gasteiger partial charge in [-0.25, -0.2) is 4.57 Å². The van der Waals surface area contributed by atoms with Crippen molar-refractivity contribution in [1.82, 2.24) is 0 Å². The molecular formula is C44H75O11P. The Bertz CT molecular complexity index is 1180. The molecule has 1 aliphatic heterocycles. The van der Waals surface area contributed by atoms with Gasteiger partial charge in [0.25, 0.3) is 0 Å². The first-order chi connectivity index (χ1) is 27.2. The van der Waals surface area contributed by atoms with E-state index in [1.807, 2.05) is 30.4 Å². The van der Waals surface area contributed by atoms with Crippen LogP contribution in [-0.2, 0) is 37.4 Å². The van der Waals surface area contributed by atoms with E-state index in [1.54, 1.807) is 0 Å². The number of phosphoric ester groups is 1. The molecule has 0 aliphatic carbocycles. The lowest BCUT2D eigenvalue weighted by Gasteiger charge is -2.20. The number of epoxide rings is 1. The summed E-state index contributed by atoms with van der Waals surface area (Å²) in [7, 11) is -4.65. The average molecular weight is 811 g/mol. The molecule has 0 saturated carbocycles. The minimum absolute atomic E-state index is 0.00749. The minimum atomic E-state index is -4.65. The van der Waals surface area contributed by atoms with Gasteiger partial charge in [-0.1, -0.05) is 164 Å². The molecule has 1 fully saturated rings. The van der Waals surface area contributed by atoms with Gasteiger partial charge in [-0.15, -0.1) is 0 Å². The van der Waals surface area contributed by atoms with Crippen molar-refractivity contribution in [2.24, 2.45) is 0 Å². The zero-order valence-corrected chi connectivity index (χ0v) is 35.4. The summed E-state index contributed by atoms with van der Waals surface area (Å²) in [6.07, 6.45) is 40.7. The van der Waals surface area contributed by atoms with Gasteiger partial charge >= 0.3 is 19.8 Å². The Kier molecular flexibility index (Phi) is 33.0. The molecule has 5 atom stereocenters. The van der Waals surface area contributed by atoms with Crippen molar-refractivity contribution in [3.63, 3.8) is 0 Å². The normalized spacial score (nSPS) is 18.1. The van der Waals surface area contributed by atoms with Gasteiger partial charge in [0.1, 0.15) is 18.8 Å². The Morgan fingerprint density at radius 1 is 0.679 bits per heavy atom. The maximum atomic E-state index is 12.7. The van der Waals surface area contributed by atoms with Crippen LogP contribution < -0.4 is 0 Å². The number of hydrogen-bond donors (Lipinski definition) is 3. The van der Waals surface area contributed by atoms with Crippen LogP contribution in [0.25, 0.3) is 0 Å². The first-order valence-electron chi connectivity index (χ1n) is 21.4. The molecule has 0 aromatic carbocycles. The third-order valence-corrected chi connectivity index (χ3v) is 10.1. The summed E-state index contributed by atoms with van der Waals surface area (Å²) < 4.78 is 38.4. The lowest BCUT2D eigenvalue weighted by atomic mass is 10.0. The van der Waals surface area contributed by atoms with E-state index in [-0.39, 0.29) is 31.7 Å². The predicted octanol–water partition coefficient (Wildman–Crippen LogP) is 10.1. The molecule has 1 aliphatic rings. The molecule has 0 aromatic heterocycles. The fourth-order valence-corrected chi connectivity index (χ4v) is 6.57. The second-order valence-electron chi connectivity index (χ2n) is 14.4. The quantitative estimate of drug-likeness (QED) is 0.0136. The summed E-state index contributed by atoms with van der Waals surface area (Å²) in [6, 6.07) is 0. The molecule has 0 spiro atoms. The van der Waals surface area contributed by atoms with Crippen molar-refractivity contribution in [3.05, 3.63) is 60.8 Å². The molecule has 0 amide bonds. The van der Waals surface area contributed by atoms with Gasteiger partial charge in [0.15, 0.2) is 6.10 Å². The zero-order valence-electron chi connectivity index (χ0n) is 34.5. The van der Waals surface area contributed by atoms with E-state index in [9.17, 15) is 24.2 Å². The van der Waals surface area contributed by atoms with Crippen molar-refractivity contribution in [2.45, 2.75) is 180 Å². The summed E-state index contributed by atoms with van der Waals surface area (Å²) in [5.74, 6) is -1.02. The first kappa shape index (κ1) is 51.6. The lowest BCUT2D eigenvalue weighted by Crippen LogP contribution is -2.30. The van der Waals surface area contributed by atoms with Gasteiger partial charge in [-0.05, 0) is 38.5 Å². The largest absolute Gasteiger partial charge is 0.472 e. The Morgan fingerprint density at radius 3 is 1.86 bits per heavy atom. The van der Waals surface area contributed by atoms with E-state index in [0.717, 1.165) is 38.5 Å². The molecular weight excluding hydrogens is 735 g/mol. The summed E-state index contributed by atoms with van der Waals surface area (Å²) >= 11 is 0. The number of allylic oxidation sites excluding steroid dienone is 9. The predicted molar refractivity (Wildman–Crippen MR) is 223 cm³/mol. The Morgan fingerprint density at radius 2 is 1.23 bits per heavy atom. The van der Waals surface area contributed by atoms with Gasteiger partial charge < -0.3 is 29.3 Å². The highest BCUT2D eigenvalue weighted by atomic mass is 31.2. The number of phosphoric acid groups is 1. The summed E-state index contributed by atoms with van der Waals surface area (Å²) in [5, 5.41) is 18.3. The number of ether oxygens (including phenoxy) is 3. The van der Waals surface area contributed by atoms with Crippen molar-refractivity contribution in [1.29, 1.82) is 0 Å². The van der Waals surface area contributed by atoms with Crippen molar-refractivity contribution >= 4 is 19.8 Å². The molecule has 3 N–H and O–H groups in total. The third kappa shape index (κ3) is 32.7. The highest BCUT2D eigenvalue weighted by Gasteiger charge is 2.35. The smallest absolute Gasteiger partial charge is 0.462 e. The van der Waals surface area contributed by atoms with E-state index in [2.05, 4.69) is 48.8 Å². The number of carbonyl (C=O) groups is 2. The maximum absolute atomic E-state index is 12.7. The molecule has 0 aromatic rings. The third-order valence-electron chi connectivity index (χ3n) is 9.15. The van der Waals surface area contributed by atoms with E-state index in [1.165, 1.54) is 70.6 Å². The molecule has 5 unspecified atom stereocenters. The average Bonchev–Trinajstić information content (AvgIpc) is 3.94. The summed E-state index contributed by atoms with van der Waals surface area (Å²) in [5.41, 5.74) is 0. The molecule has 11 nitrogen and oxygen atoms in total. The van der Waals surface area contributed by atoms with Gasteiger partial charge in [0, 0.05) is 12.8 Å². The van der Waals surface area contributed by atoms with E-state index in [4.69, 9.17) is 23.8 Å². The fourth-order valence-electron chi connectivity index (χ4n) is 5.78. The number of hydrogen-bond acceptors (Lipinski definition) is 10. The Labute approximate surface area is 338 Å². The van der Waals surface area contributed by atoms with Crippen LogP contribution in [0.2, 0.25) is 0 Å². The van der Waals surface area contributed by atoms with Gasteiger partial charge in [-0.3, -0.25) is 18.6 Å². The molecule has 0 bridgehead atoms. The molecule has 0 radical (unpaired) electrons. The van der Waals surface area contributed by atoms with Crippen LogP contribution in [0.1, 0.15) is 155 Å². The number of aliphatic hydroxyl groups is 2. The molecule has 56 heavy (non-hydrogen) atoms. The van der Waals surface area contributed by atoms with E-state index < -0.39 is 51.8 Å². The van der Waals surface area contributed by atoms with Gasteiger partial charge in [0.2, 0.25) is 0 Å². The Balaban J connectivity index is 2.34. The highest BCUT2D eigenvalue weighted by molar-refractivity contribution is 7.47. The molecule has 1 rings (SSSR count). The van der Waals surface area contributed by atoms with Gasteiger partial charge in [0.05, 0.1) is 25.9 Å². The first-order valence-corrected chi connectivity index (χ1v) is 22.9.